The quantitative estimate of drug-likeness (QED) is 0.683. The Hall–Kier alpha value is -0.000000000000000111. The highest BCUT2D eigenvalue weighted by Crippen LogP contribution is 2.39. The molecular weight excluding hydrogens is 362 g/mol. The predicted octanol–water partition coefficient (Wildman–Crippen LogP) is 5.58. The van der Waals surface area contributed by atoms with E-state index < -0.39 is 0 Å². The molecule has 0 bridgehead atoms. The summed E-state index contributed by atoms with van der Waals surface area (Å²) in [5.74, 6) is 0. The number of hydrogen-bond acceptors (Lipinski definition) is 3. The van der Waals surface area contributed by atoms with E-state index in [1.807, 2.05) is 0 Å². The van der Waals surface area contributed by atoms with E-state index >= 15 is 0 Å². The van der Waals surface area contributed by atoms with Crippen LogP contribution < -0.4 is 5.32 Å². The van der Waals surface area contributed by atoms with Gasteiger partial charge >= 0.3 is 0 Å². The summed E-state index contributed by atoms with van der Waals surface area (Å²) >= 11 is 13.1. The second-order valence-electron chi connectivity index (χ2n) is 4.00. The zero-order valence-electron chi connectivity index (χ0n) is 10.7. The maximum atomic E-state index is 6.17. The van der Waals surface area contributed by atoms with Crippen LogP contribution in [0.3, 0.4) is 0 Å². The van der Waals surface area contributed by atoms with Gasteiger partial charge in [-0.15, -0.1) is 23.1 Å². The van der Waals surface area contributed by atoms with Crippen LogP contribution in [0.15, 0.2) is 39.7 Å². The standard InChI is InChI=1S/C14H15BrClNS2/c1-3-17-13(12-8-10(15)14(16)19-12)9-6-4-5-7-11(9)18-2/h4-8,13,17H,3H2,1-2H3. The van der Waals surface area contributed by atoms with Crippen LogP contribution in [0.25, 0.3) is 0 Å². The van der Waals surface area contributed by atoms with Crippen molar-refractivity contribution in [2.24, 2.45) is 0 Å². The van der Waals surface area contributed by atoms with Crippen LogP contribution in [0.1, 0.15) is 23.4 Å². The number of hydrogen-bond donors (Lipinski definition) is 1. The van der Waals surface area contributed by atoms with Crippen molar-refractivity contribution in [3.05, 3.63) is 49.6 Å². The molecule has 19 heavy (non-hydrogen) atoms. The van der Waals surface area contributed by atoms with Crippen molar-refractivity contribution >= 4 is 50.6 Å². The summed E-state index contributed by atoms with van der Waals surface area (Å²) in [6.45, 7) is 3.04. The Bertz CT molecular complexity index is 537. The van der Waals surface area contributed by atoms with Crippen LogP contribution in [-0.2, 0) is 0 Å². The van der Waals surface area contributed by atoms with Gasteiger partial charge in [-0.2, -0.15) is 0 Å². The summed E-state index contributed by atoms with van der Waals surface area (Å²) in [5, 5.41) is 3.55. The van der Waals surface area contributed by atoms with Gasteiger partial charge in [0.05, 0.1) is 6.04 Å². The van der Waals surface area contributed by atoms with Gasteiger partial charge in [-0.1, -0.05) is 36.7 Å². The number of rotatable bonds is 5. The van der Waals surface area contributed by atoms with Gasteiger partial charge in [0, 0.05) is 14.2 Å². The molecule has 1 unspecified atom stereocenters. The van der Waals surface area contributed by atoms with Crippen LogP contribution in [0, 0.1) is 0 Å². The maximum Gasteiger partial charge on any atom is 0.107 e. The minimum atomic E-state index is 0.197. The third kappa shape index (κ3) is 3.56. The molecule has 1 aromatic carbocycles. The summed E-state index contributed by atoms with van der Waals surface area (Å²) in [6, 6.07) is 10.8. The Labute approximate surface area is 135 Å². The van der Waals surface area contributed by atoms with Gasteiger partial charge in [0.15, 0.2) is 0 Å². The maximum absolute atomic E-state index is 6.17. The van der Waals surface area contributed by atoms with Crippen molar-refractivity contribution in [2.75, 3.05) is 12.8 Å². The Kier molecular flexibility index (Phi) is 5.78. The molecule has 1 heterocycles. The number of halogens is 2. The molecule has 1 nitrogen and oxygen atoms in total. The lowest BCUT2D eigenvalue weighted by Gasteiger charge is -2.19. The molecule has 0 spiro atoms. The zero-order valence-corrected chi connectivity index (χ0v) is 14.7. The zero-order chi connectivity index (χ0) is 13.8. The lowest BCUT2D eigenvalue weighted by molar-refractivity contribution is 0.631. The van der Waals surface area contributed by atoms with Crippen molar-refractivity contribution in [3.8, 4) is 0 Å². The Morgan fingerprint density at radius 2 is 2.16 bits per heavy atom. The first-order chi connectivity index (χ1) is 9.17. The molecule has 1 aromatic heterocycles. The van der Waals surface area contributed by atoms with Crippen LogP contribution in [-0.4, -0.2) is 12.8 Å². The normalized spacial score (nSPS) is 12.6. The fraction of sp³-hybridized carbons (Fsp3) is 0.286. The van der Waals surface area contributed by atoms with Crippen molar-refractivity contribution in [3.63, 3.8) is 0 Å². The molecular formula is C14H15BrClNS2. The first-order valence-electron chi connectivity index (χ1n) is 5.98. The summed E-state index contributed by atoms with van der Waals surface area (Å²) in [5.41, 5.74) is 1.31. The summed E-state index contributed by atoms with van der Waals surface area (Å²) in [4.78, 5) is 2.54. The van der Waals surface area contributed by atoms with Gasteiger partial charge in [-0.25, -0.2) is 0 Å². The Morgan fingerprint density at radius 1 is 1.42 bits per heavy atom. The molecule has 0 aliphatic rings. The van der Waals surface area contributed by atoms with Crippen LogP contribution >= 0.6 is 50.6 Å². The second kappa shape index (κ2) is 7.14. The molecule has 0 fully saturated rings. The van der Waals surface area contributed by atoms with Crippen molar-refractivity contribution in [2.45, 2.75) is 17.9 Å². The van der Waals surface area contributed by atoms with Crippen molar-refractivity contribution in [1.82, 2.24) is 5.32 Å². The minimum Gasteiger partial charge on any atom is -0.306 e. The van der Waals surface area contributed by atoms with E-state index in [1.54, 1.807) is 23.1 Å². The van der Waals surface area contributed by atoms with E-state index in [4.69, 9.17) is 11.6 Å². The summed E-state index contributed by atoms with van der Waals surface area (Å²) in [6.07, 6.45) is 2.11. The van der Waals surface area contributed by atoms with Crippen LogP contribution in [0.5, 0.6) is 0 Å². The highest BCUT2D eigenvalue weighted by atomic mass is 79.9. The Morgan fingerprint density at radius 3 is 2.74 bits per heavy atom. The highest BCUT2D eigenvalue weighted by molar-refractivity contribution is 9.10. The van der Waals surface area contributed by atoms with E-state index in [-0.39, 0.29) is 6.04 Å². The van der Waals surface area contributed by atoms with E-state index in [0.717, 1.165) is 15.4 Å². The smallest absolute Gasteiger partial charge is 0.107 e. The molecule has 102 valence electrons. The lowest BCUT2D eigenvalue weighted by Crippen LogP contribution is -2.21. The molecule has 0 aliphatic carbocycles. The van der Waals surface area contributed by atoms with Gasteiger partial charge in [0.1, 0.15) is 4.34 Å². The molecule has 0 aliphatic heterocycles. The first-order valence-corrected chi connectivity index (χ1v) is 9.19. The second-order valence-corrected chi connectivity index (χ2v) is 7.39. The van der Waals surface area contributed by atoms with Crippen molar-refractivity contribution < 1.29 is 0 Å². The number of nitrogens with one attached hydrogen (secondary N) is 1. The van der Waals surface area contributed by atoms with E-state index in [2.05, 4.69) is 64.8 Å². The molecule has 2 aromatic rings. The van der Waals surface area contributed by atoms with Crippen LogP contribution in [0.4, 0.5) is 0 Å². The van der Waals surface area contributed by atoms with E-state index in [9.17, 15) is 0 Å². The van der Waals surface area contributed by atoms with E-state index in [1.165, 1.54) is 15.3 Å². The number of benzene rings is 1. The minimum absolute atomic E-state index is 0.197. The van der Waals surface area contributed by atoms with Crippen LogP contribution in [0.2, 0.25) is 4.34 Å². The Balaban J connectivity index is 2.44. The fourth-order valence-corrected chi connectivity index (χ4v) is 4.45. The van der Waals surface area contributed by atoms with Gasteiger partial charge in [0.2, 0.25) is 0 Å². The SMILES string of the molecule is CCNC(c1cc(Br)c(Cl)s1)c1ccccc1SC. The molecule has 0 saturated heterocycles. The summed E-state index contributed by atoms with van der Waals surface area (Å²) in [7, 11) is 0. The monoisotopic (exact) mass is 375 g/mol. The average Bonchev–Trinajstić information content (AvgIpc) is 2.76. The third-order valence-electron chi connectivity index (χ3n) is 2.81. The topological polar surface area (TPSA) is 12.0 Å². The highest BCUT2D eigenvalue weighted by Gasteiger charge is 2.19. The van der Waals surface area contributed by atoms with Crippen molar-refractivity contribution in [1.29, 1.82) is 0 Å². The molecule has 5 heteroatoms. The van der Waals surface area contributed by atoms with Gasteiger partial charge < -0.3 is 5.32 Å². The molecule has 0 saturated carbocycles. The largest absolute Gasteiger partial charge is 0.306 e. The summed E-state index contributed by atoms with van der Waals surface area (Å²) < 4.78 is 1.78. The lowest BCUT2D eigenvalue weighted by atomic mass is 10.1. The fourth-order valence-electron chi connectivity index (χ4n) is 1.98. The van der Waals surface area contributed by atoms with E-state index in [0.29, 0.717) is 0 Å². The number of thioether (sulfide) groups is 1. The molecule has 0 radical (unpaired) electrons. The third-order valence-corrected chi connectivity index (χ3v) is 6.16. The number of thiophene rings is 1. The van der Waals surface area contributed by atoms with Gasteiger partial charge in [0.25, 0.3) is 0 Å². The molecule has 1 N–H and O–H groups in total. The molecule has 0 amide bonds. The molecule has 2 rings (SSSR count). The molecule has 1 atom stereocenters. The first kappa shape index (κ1) is 15.4. The van der Waals surface area contributed by atoms with Gasteiger partial charge in [-0.3, -0.25) is 0 Å². The predicted molar refractivity (Wildman–Crippen MR) is 90.8 cm³/mol. The average molecular weight is 377 g/mol. The van der Waals surface area contributed by atoms with Gasteiger partial charge in [-0.05, 0) is 46.4 Å².